The van der Waals surface area contributed by atoms with Crippen LogP contribution in [-0.2, 0) is 11.0 Å². The molecule has 17 heavy (non-hydrogen) atoms. The van der Waals surface area contributed by atoms with Crippen LogP contribution in [0.3, 0.4) is 0 Å². The molecule has 0 spiro atoms. The summed E-state index contributed by atoms with van der Waals surface area (Å²) >= 11 is 0. The van der Waals surface area contributed by atoms with Crippen LogP contribution >= 0.6 is 0 Å². The Hall–Kier alpha value is -1.56. The minimum atomic E-state index is -4.33. The van der Waals surface area contributed by atoms with Crippen LogP contribution in [0.4, 0.5) is 13.2 Å². The van der Waals surface area contributed by atoms with Gasteiger partial charge in [0.25, 0.3) is 0 Å². The van der Waals surface area contributed by atoms with Gasteiger partial charge >= 0.3 is 6.18 Å². The maximum atomic E-state index is 12.4. The summed E-state index contributed by atoms with van der Waals surface area (Å²) in [5, 5.41) is 2.93. The van der Waals surface area contributed by atoms with E-state index in [1.165, 1.54) is 17.0 Å². The number of halogens is 3. The molecule has 6 heteroatoms. The second-order valence-electron chi connectivity index (χ2n) is 3.91. The van der Waals surface area contributed by atoms with Crippen LogP contribution in [-0.4, -0.2) is 24.4 Å². The lowest BCUT2D eigenvalue weighted by Crippen LogP contribution is -2.25. The lowest BCUT2D eigenvalue weighted by molar-refractivity contribution is -0.137. The lowest BCUT2D eigenvalue weighted by Gasteiger charge is -2.20. The molecular formula is C11H11F3N2O. The zero-order valence-electron chi connectivity index (χ0n) is 9.08. The second-order valence-corrected chi connectivity index (χ2v) is 3.91. The van der Waals surface area contributed by atoms with Crippen LogP contribution in [0.1, 0.15) is 17.3 Å². The molecule has 1 atom stereocenters. The van der Waals surface area contributed by atoms with Gasteiger partial charge in [-0.2, -0.15) is 13.2 Å². The number of nitrogens with zero attached hydrogens (tertiary/aromatic N) is 1. The van der Waals surface area contributed by atoms with E-state index in [2.05, 4.69) is 5.32 Å². The van der Waals surface area contributed by atoms with Crippen molar-refractivity contribution in [3.8, 4) is 0 Å². The number of carbonyl (C=O) groups is 1. The topological polar surface area (TPSA) is 32.3 Å². The molecule has 0 bridgehead atoms. The summed E-state index contributed by atoms with van der Waals surface area (Å²) in [6.45, 7) is 0.211. The molecule has 2 rings (SSSR count). The third-order valence-electron chi connectivity index (χ3n) is 2.78. The van der Waals surface area contributed by atoms with E-state index in [1.54, 1.807) is 7.05 Å². The lowest BCUT2D eigenvalue weighted by atomic mass is 10.1. The van der Waals surface area contributed by atoms with Crippen molar-refractivity contribution in [2.75, 3.05) is 13.6 Å². The highest BCUT2D eigenvalue weighted by Crippen LogP contribution is 2.30. The molecule has 1 amide bonds. The molecule has 1 aromatic rings. The maximum absolute atomic E-state index is 12.4. The molecule has 92 valence electrons. The van der Waals surface area contributed by atoms with Gasteiger partial charge in [-0.1, -0.05) is 12.1 Å². The minimum absolute atomic E-state index is 0.0742. The number of hydrogen-bond donors (Lipinski definition) is 1. The van der Waals surface area contributed by atoms with E-state index in [0.717, 1.165) is 12.1 Å². The zero-order valence-corrected chi connectivity index (χ0v) is 9.08. The molecule has 0 aromatic heterocycles. The van der Waals surface area contributed by atoms with Gasteiger partial charge in [0.2, 0.25) is 5.91 Å². The van der Waals surface area contributed by atoms with Crippen molar-refractivity contribution in [2.24, 2.45) is 0 Å². The van der Waals surface area contributed by atoms with Crippen molar-refractivity contribution < 1.29 is 18.0 Å². The van der Waals surface area contributed by atoms with E-state index < -0.39 is 11.7 Å². The number of nitrogens with one attached hydrogen (secondary N) is 1. The Morgan fingerprint density at radius 2 is 1.88 bits per heavy atom. The highest BCUT2D eigenvalue weighted by atomic mass is 19.4. The van der Waals surface area contributed by atoms with Gasteiger partial charge in [0.15, 0.2) is 0 Å². The normalized spacial score (nSPS) is 21.1. The van der Waals surface area contributed by atoms with Crippen molar-refractivity contribution in [3.05, 3.63) is 35.4 Å². The third-order valence-corrected chi connectivity index (χ3v) is 2.78. The summed E-state index contributed by atoms with van der Waals surface area (Å²) in [5.41, 5.74) is -0.0421. The number of rotatable bonds is 1. The van der Waals surface area contributed by atoms with Crippen LogP contribution in [0.2, 0.25) is 0 Å². The molecule has 1 heterocycles. The Labute approximate surface area is 96.2 Å². The van der Waals surface area contributed by atoms with E-state index in [4.69, 9.17) is 0 Å². The van der Waals surface area contributed by atoms with Crippen LogP contribution < -0.4 is 5.32 Å². The Kier molecular flexibility index (Phi) is 2.82. The Morgan fingerprint density at radius 1 is 1.29 bits per heavy atom. The van der Waals surface area contributed by atoms with Gasteiger partial charge in [0.1, 0.15) is 6.17 Å². The Balaban J connectivity index is 2.22. The van der Waals surface area contributed by atoms with Gasteiger partial charge in [0, 0.05) is 7.05 Å². The van der Waals surface area contributed by atoms with E-state index in [9.17, 15) is 18.0 Å². The number of amides is 1. The average molecular weight is 244 g/mol. The van der Waals surface area contributed by atoms with E-state index in [1.807, 2.05) is 0 Å². The molecule has 0 radical (unpaired) electrons. The van der Waals surface area contributed by atoms with Crippen LogP contribution in [0.25, 0.3) is 0 Å². The Bertz CT molecular complexity index is 427. The summed E-state index contributed by atoms with van der Waals surface area (Å²) in [4.78, 5) is 12.7. The summed E-state index contributed by atoms with van der Waals surface area (Å²) in [5.74, 6) is -0.0742. The molecule has 1 aliphatic heterocycles. The van der Waals surface area contributed by atoms with Crippen molar-refractivity contribution in [3.63, 3.8) is 0 Å². The fourth-order valence-corrected chi connectivity index (χ4v) is 1.79. The van der Waals surface area contributed by atoms with Crippen LogP contribution in [0, 0.1) is 0 Å². The molecule has 0 saturated carbocycles. The first-order chi connectivity index (χ1) is 7.89. The second kappa shape index (κ2) is 4.03. The van der Waals surface area contributed by atoms with Gasteiger partial charge in [0.05, 0.1) is 12.1 Å². The molecule has 1 aliphatic rings. The van der Waals surface area contributed by atoms with Crippen LogP contribution in [0.15, 0.2) is 24.3 Å². The van der Waals surface area contributed by atoms with Crippen molar-refractivity contribution in [2.45, 2.75) is 12.3 Å². The summed E-state index contributed by atoms with van der Waals surface area (Å²) < 4.78 is 37.1. The van der Waals surface area contributed by atoms with Crippen molar-refractivity contribution in [1.29, 1.82) is 0 Å². The monoisotopic (exact) mass is 244 g/mol. The van der Waals surface area contributed by atoms with E-state index in [0.29, 0.717) is 5.56 Å². The predicted octanol–water partition coefficient (Wildman–Crippen LogP) is 1.77. The first kappa shape index (κ1) is 11.9. The molecule has 0 aliphatic carbocycles. The summed E-state index contributed by atoms with van der Waals surface area (Å²) in [7, 11) is 1.62. The van der Waals surface area contributed by atoms with Gasteiger partial charge < -0.3 is 4.90 Å². The fraction of sp³-hybridized carbons (Fsp3) is 0.364. The fourth-order valence-electron chi connectivity index (χ4n) is 1.79. The van der Waals surface area contributed by atoms with E-state index in [-0.39, 0.29) is 18.6 Å². The smallest absolute Gasteiger partial charge is 0.325 e. The van der Waals surface area contributed by atoms with Crippen molar-refractivity contribution >= 4 is 5.91 Å². The highest BCUT2D eigenvalue weighted by Gasteiger charge is 2.32. The van der Waals surface area contributed by atoms with Gasteiger partial charge in [-0.15, -0.1) is 0 Å². The van der Waals surface area contributed by atoms with Gasteiger partial charge in [-0.25, -0.2) is 0 Å². The number of carbonyl (C=O) groups excluding carboxylic acids is 1. The zero-order chi connectivity index (χ0) is 12.6. The van der Waals surface area contributed by atoms with Crippen molar-refractivity contribution in [1.82, 2.24) is 10.2 Å². The highest BCUT2D eigenvalue weighted by molar-refractivity contribution is 5.80. The SMILES string of the molecule is CN1C(=O)CNC1c1ccc(C(F)(F)F)cc1. The molecular weight excluding hydrogens is 233 g/mol. The minimum Gasteiger partial charge on any atom is -0.325 e. The molecule has 1 unspecified atom stereocenters. The first-order valence-corrected chi connectivity index (χ1v) is 5.06. The van der Waals surface area contributed by atoms with Crippen LogP contribution in [0.5, 0.6) is 0 Å². The molecule has 1 N–H and O–H groups in total. The Morgan fingerprint density at radius 3 is 2.29 bits per heavy atom. The maximum Gasteiger partial charge on any atom is 0.416 e. The number of benzene rings is 1. The molecule has 1 aromatic carbocycles. The van der Waals surface area contributed by atoms with E-state index >= 15 is 0 Å². The average Bonchev–Trinajstić information content (AvgIpc) is 2.59. The first-order valence-electron chi connectivity index (χ1n) is 5.06. The number of alkyl halides is 3. The van der Waals surface area contributed by atoms with Gasteiger partial charge in [-0.3, -0.25) is 10.1 Å². The summed E-state index contributed by atoms with van der Waals surface area (Å²) in [6, 6.07) is 4.81. The third kappa shape index (κ3) is 2.26. The number of hydrogen-bond acceptors (Lipinski definition) is 2. The molecule has 1 fully saturated rings. The molecule has 3 nitrogen and oxygen atoms in total. The van der Waals surface area contributed by atoms with Gasteiger partial charge in [-0.05, 0) is 17.7 Å². The predicted molar refractivity (Wildman–Crippen MR) is 55.0 cm³/mol. The number of likely N-dealkylation sites (N-methyl/N-ethyl adjacent to an activating group) is 1. The largest absolute Gasteiger partial charge is 0.416 e. The quantitative estimate of drug-likeness (QED) is 0.816. The summed E-state index contributed by atoms with van der Waals surface area (Å²) in [6.07, 6.45) is -4.67. The standard InChI is InChI=1S/C11H11F3N2O/c1-16-9(17)6-15-10(16)7-2-4-8(5-3-7)11(12,13)14/h2-5,10,15H,6H2,1H3. The molecule has 1 saturated heterocycles.